The number of nitrogens with one attached hydrogen (secondary N) is 1. The summed E-state index contributed by atoms with van der Waals surface area (Å²) >= 11 is 0. The van der Waals surface area contributed by atoms with Gasteiger partial charge in [-0.15, -0.1) is 5.10 Å². The van der Waals surface area contributed by atoms with Crippen molar-refractivity contribution >= 4 is 11.5 Å². The van der Waals surface area contributed by atoms with E-state index in [0.29, 0.717) is 11.9 Å². The molecule has 0 radical (unpaired) electrons. The third-order valence-corrected chi connectivity index (χ3v) is 3.63. The van der Waals surface area contributed by atoms with Gasteiger partial charge in [-0.1, -0.05) is 13.3 Å². The van der Waals surface area contributed by atoms with Crippen molar-refractivity contribution < 1.29 is 4.92 Å². The lowest BCUT2D eigenvalue weighted by Gasteiger charge is -2.30. The molecule has 0 aliphatic carbocycles. The molecule has 1 unspecified atom stereocenters. The average Bonchev–Trinajstić information content (AvgIpc) is 2.82. The van der Waals surface area contributed by atoms with E-state index in [4.69, 9.17) is 0 Å². The van der Waals surface area contributed by atoms with Gasteiger partial charge in [0.1, 0.15) is 6.20 Å². The van der Waals surface area contributed by atoms with E-state index in [1.165, 1.54) is 23.7 Å². The van der Waals surface area contributed by atoms with Crippen LogP contribution in [0.1, 0.15) is 32.6 Å². The van der Waals surface area contributed by atoms with Crippen molar-refractivity contribution in [2.45, 2.75) is 38.6 Å². The van der Waals surface area contributed by atoms with Crippen LogP contribution in [0.3, 0.4) is 0 Å². The zero-order valence-electron chi connectivity index (χ0n) is 12.2. The third kappa shape index (κ3) is 3.47. The second-order valence-corrected chi connectivity index (χ2v) is 5.36. The van der Waals surface area contributed by atoms with Crippen LogP contribution in [0.15, 0.2) is 6.20 Å². The number of hydrogen-bond acceptors (Lipinski definition) is 5. The summed E-state index contributed by atoms with van der Waals surface area (Å²) in [7, 11) is 1.72. The molecule has 20 heavy (non-hydrogen) atoms. The van der Waals surface area contributed by atoms with Crippen molar-refractivity contribution in [2.75, 3.05) is 24.5 Å². The van der Waals surface area contributed by atoms with Crippen molar-refractivity contribution in [2.24, 2.45) is 7.05 Å². The Bertz CT molecular complexity index is 454. The lowest BCUT2D eigenvalue weighted by molar-refractivity contribution is -0.384. The van der Waals surface area contributed by atoms with Crippen LogP contribution in [0.4, 0.5) is 11.5 Å². The van der Waals surface area contributed by atoms with Gasteiger partial charge in [0.15, 0.2) is 0 Å². The number of anilines is 1. The Balaban J connectivity index is 2.16. The van der Waals surface area contributed by atoms with Gasteiger partial charge in [-0.25, -0.2) is 0 Å². The standard InChI is InChI=1S/C13H23N5O2/c1-3-8-17(9-11-6-4-5-7-14-11)13-12(18(19)20)10-16(2)15-13/h10-11,14H,3-9H2,1-2H3. The normalized spacial score (nSPS) is 19.0. The van der Waals surface area contributed by atoms with Gasteiger partial charge < -0.3 is 10.2 Å². The average molecular weight is 281 g/mol. The van der Waals surface area contributed by atoms with Gasteiger partial charge in [0, 0.05) is 26.2 Å². The van der Waals surface area contributed by atoms with Crippen molar-refractivity contribution in [1.82, 2.24) is 15.1 Å². The lowest BCUT2D eigenvalue weighted by Crippen LogP contribution is -2.44. The van der Waals surface area contributed by atoms with Gasteiger partial charge >= 0.3 is 5.69 Å². The molecule has 112 valence electrons. The van der Waals surface area contributed by atoms with Gasteiger partial charge in [0.25, 0.3) is 0 Å². The molecule has 0 aromatic carbocycles. The lowest BCUT2D eigenvalue weighted by atomic mass is 10.0. The van der Waals surface area contributed by atoms with E-state index in [2.05, 4.69) is 17.3 Å². The number of aryl methyl sites for hydroxylation is 1. The monoisotopic (exact) mass is 281 g/mol. The molecular formula is C13H23N5O2. The number of piperidine rings is 1. The van der Waals surface area contributed by atoms with Gasteiger partial charge in [-0.3, -0.25) is 14.8 Å². The Morgan fingerprint density at radius 1 is 1.60 bits per heavy atom. The van der Waals surface area contributed by atoms with E-state index in [-0.39, 0.29) is 10.6 Å². The summed E-state index contributed by atoms with van der Waals surface area (Å²) in [5, 5.41) is 18.9. The van der Waals surface area contributed by atoms with Gasteiger partial charge in [-0.2, -0.15) is 0 Å². The molecule has 1 aliphatic rings. The minimum Gasteiger partial charge on any atom is -0.348 e. The quantitative estimate of drug-likeness (QED) is 0.634. The SMILES string of the molecule is CCCN(CC1CCCCN1)c1nn(C)cc1[N+](=O)[O-]. The second-order valence-electron chi connectivity index (χ2n) is 5.36. The highest BCUT2D eigenvalue weighted by atomic mass is 16.6. The maximum atomic E-state index is 11.1. The molecule has 1 atom stereocenters. The Morgan fingerprint density at radius 3 is 3.00 bits per heavy atom. The molecule has 2 rings (SSSR count). The first kappa shape index (κ1) is 14.8. The first-order valence-corrected chi connectivity index (χ1v) is 7.28. The Hall–Kier alpha value is -1.63. The molecule has 1 aromatic heterocycles. The predicted octanol–water partition coefficient (Wildman–Crippen LogP) is 1.69. The first-order valence-electron chi connectivity index (χ1n) is 7.28. The van der Waals surface area contributed by atoms with Crippen LogP contribution in [0.5, 0.6) is 0 Å². The van der Waals surface area contributed by atoms with Crippen molar-refractivity contribution in [3.63, 3.8) is 0 Å². The van der Waals surface area contributed by atoms with Crippen LogP contribution in [0.2, 0.25) is 0 Å². The summed E-state index contributed by atoms with van der Waals surface area (Å²) in [4.78, 5) is 12.8. The van der Waals surface area contributed by atoms with Gasteiger partial charge in [0.2, 0.25) is 5.82 Å². The van der Waals surface area contributed by atoms with Gasteiger partial charge in [0.05, 0.1) is 4.92 Å². The molecule has 1 saturated heterocycles. The summed E-state index contributed by atoms with van der Waals surface area (Å²) < 4.78 is 1.52. The number of rotatable bonds is 6. The highest BCUT2D eigenvalue weighted by Crippen LogP contribution is 2.26. The van der Waals surface area contributed by atoms with Crippen molar-refractivity contribution in [1.29, 1.82) is 0 Å². The number of aromatic nitrogens is 2. The molecule has 0 amide bonds. The molecule has 1 N–H and O–H groups in total. The molecule has 1 aromatic rings. The van der Waals surface area contributed by atoms with Crippen molar-refractivity contribution in [3.8, 4) is 0 Å². The number of nitrogens with zero attached hydrogens (tertiary/aromatic N) is 4. The largest absolute Gasteiger partial charge is 0.348 e. The topological polar surface area (TPSA) is 76.2 Å². The molecule has 2 heterocycles. The molecule has 0 saturated carbocycles. The molecule has 1 fully saturated rings. The van der Waals surface area contributed by atoms with E-state index in [9.17, 15) is 10.1 Å². The van der Waals surface area contributed by atoms with E-state index in [1.54, 1.807) is 7.05 Å². The molecule has 0 spiro atoms. The summed E-state index contributed by atoms with van der Waals surface area (Å²) in [5.74, 6) is 0.492. The minimum atomic E-state index is -0.348. The first-order chi connectivity index (χ1) is 9.61. The predicted molar refractivity (Wildman–Crippen MR) is 78.0 cm³/mol. The summed E-state index contributed by atoms with van der Waals surface area (Å²) in [6.45, 7) is 4.69. The minimum absolute atomic E-state index is 0.0942. The Labute approximate surface area is 119 Å². The van der Waals surface area contributed by atoms with E-state index >= 15 is 0 Å². The van der Waals surface area contributed by atoms with Crippen LogP contribution in [-0.2, 0) is 7.05 Å². The molecule has 7 nitrogen and oxygen atoms in total. The van der Waals surface area contributed by atoms with Crippen LogP contribution in [-0.4, -0.2) is 40.4 Å². The zero-order valence-corrected chi connectivity index (χ0v) is 12.2. The van der Waals surface area contributed by atoms with Crippen molar-refractivity contribution in [3.05, 3.63) is 16.3 Å². The number of hydrogen-bond donors (Lipinski definition) is 1. The summed E-state index contributed by atoms with van der Waals surface area (Å²) in [6, 6.07) is 0.400. The second kappa shape index (κ2) is 6.69. The third-order valence-electron chi connectivity index (χ3n) is 3.63. The molecule has 0 bridgehead atoms. The highest BCUT2D eigenvalue weighted by molar-refractivity contribution is 5.56. The van der Waals surface area contributed by atoms with Gasteiger partial charge in [-0.05, 0) is 25.8 Å². The van der Waals surface area contributed by atoms with E-state index in [1.807, 2.05) is 4.90 Å². The molecular weight excluding hydrogens is 258 g/mol. The fourth-order valence-electron chi connectivity index (χ4n) is 2.72. The summed E-state index contributed by atoms with van der Waals surface area (Å²) in [5.41, 5.74) is 0.0942. The molecule has 1 aliphatic heterocycles. The Kier molecular flexibility index (Phi) is 4.94. The highest BCUT2D eigenvalue weighted by Gasteiger charge is 2.26. The fraction of sp³-hybridized carbons (Fsp3) is 0.769. The number of nitro groups is 1. The molecule has 7 heteroatoms. The fourth-order valence-corrected chi connectivity index (χ4v) is 2.72. The van der Waals surface area contributed by atoms with Crippen LogP contribution in [0, 0.1) is 10.1 Å². The van der Waals surface area contributed by atoms with E-state index < -0.39 is 0 Å². The zero-order chi connectivity index (χ0) is 14.5. The van der Waals surface area contributed by atoms with E-state index in [0.717, 1.165) is 32.5 Å². The van der Waals surface area contributed by atoms with Crippen LogP contribution >= 0.6 is 0 Å². The van der Waals surface area contributed by atoms with Crippen LogP contribution in [0.25, 0.3) is 0 Å². The van der Waals surface area contributed by atoms with Crippen LogP contribution < -0.4 is 10.2 Å². The maximum Gasteiger partial charge on any atom is 0.330 e. The Morgan fingerprint density at radius 2 is 2.40 bits per heavy atom. The maximum absolute atomic E-state index is 11.1. The summed E-state index contributed by atoms with van der Waals surface area (Å²) in [6.07, 6.45) is 5.99. The smallest absolute Gasteiger partial charge is 0.330 e.